The lowest BCUT2D eigenvalue weighted by atomic mass is 9.99. The van der Waals surface area contributed by atoms with Crippen molar-refractivity contribution < 1.29 is 14.7 Å². The molecule has 6 heteroatoms. The topological polar surface area (TPSA) is 72.9 Å². The number of hydrogen-bond donors (Lipinski definition) is 2. The second-order valence-electron chi connectivity index (χ2n) is 5.76. The maximum atomic E-state index is 12.3. The average Bonchev–Trinajstić information content (AvgIpc) is 2.94. The summed E-state index contributed by atoms with van der Waals surface area (Å²) >= 11 is 0. The van der Waals surface area contributed by atoms with Crippen molar-refractivity contribution in [3.63, 3.8) is 0 Å². The van der Waals surface area contributed by atoms with E-state index in [-0.39, 0.29) is 11.9 Å². The fourth-order valence-corrected chi connectivity index (χ4v) is 2.87. The van der Waals surface area contributed by atoms with E-state index in [1.807, 2.05) is 13.8 Å². The molecule has 0 radical (unpaired) electrons. The zero-order valence-electron chi connectivity index (χ0n) is 13.6. The summed E-state index contributed by atoms with van der Waals surface area (Å²) in [7, 11) is 0. The number of carbonyl (C=O) groups is 2. The van der Waals surface area contributed by atoms with E-state index in [1.54, 1.807) is 4.90 Å². The summed E-state index contributed by atoms with van der Waals surface area (Å²) in [4.78, 5) is 27.6. The highest BCUT2D eigenvalue weighted by Crippen LogP contribution is 2.16. The van der Waals surface area contributed by atoms with Gasteiger partial charge in [0.25, 0.3) is 0 Å². The monoisotopic (exact) mass is 299 g/mol. The summed E-state index contributed by atoms with van der Waals surface area (Å²) in [5.74, 6) is -1.04. The van der Waals surface area contributed by atoms with Crippen LogP contribution in [-0.4, -0.2) is 65.2 Å². The summed E-state index contributed by atoms with van der Waals surface area (Å²) in [5, 5.41) is 11.9. The minimum atomic E-state index is -0.961. The van der Waals surface area contributed by atoms with Crippen molar-refractivity contribution in [3.8, 4) is 0 Å². The zero-order valence-corrected chi connectivity index (χ0v) is 13.6. The van der Waals surface area contributed by atoms with Crippen LogP contribution in [0.4, 0.5) is 4.79 Å². The highest BCUT2D eigenvalue weighted by atomic mass is 16.4. The van der Waals surface area contributed by atoms with Crippen LogP contribution in [-0.2, 0) is 4.79 Å². The van der Waals surface area contributed by atoms with Crippen molar-refractivity contribution in [2.24, 2.45) is 5.92 Å². The van der Waals surface area contributed by atoms with Gasteiger partial charge in [-0.1, -0.05) is 34.1 Å². The molecule has 2 N–H and O–H groups in total. The van der Waals surface area contributed by atoms with E-state index in [4.69, 9.17) is 0 Å². The first kappa shape index (κ1) is 17.8. The summed E-state index contributed by atoms with van der Waals surface area (Å²) in [6.07, 6.45) is 1.68. The number of carboxylic acids is 1. The Morgan fingerprint density at radius 1 is 1.33 bits per heavy atom. The molecule has 21 heavy (non-hydrogen) atoms. The van der Waals surface area contributed by atoms with Crippen molar-refractivity contribution in [1.29, 1.82) is 0 Å². The molecule has 0 saturated carbocycles. The molecule has 1 aliphatic rings. The number of aliphatic carboxylic acids is 1. The van der Waals surface area contributed by atoms with Gasteiger partial charge in [0, 0.05) is 19.1 Å². The molecule has 0 aliphatic carbocycles. The highest BCUT2D eigenvalue weighted by Gasteiger charge is 2.32. The van der Waals surface area contributed by atoms with Crippen LogP contribution in [0.1, 0.15) is 40.5 Å². The van der Waals surface area contributed by atoms with Crippen molar-refractivity contribution in [2.75, 3.05) is 26.2 Å². The van der Waals surface area contributed by atoms with Gasteiger partial charge in [-0.25, -0.2) is 9.59 Å². The van der Waals surface area contributed by atoms with Crippen molar-refractivity contribution in [1.82, 2.24) is 15.1 Å². The summed E-state index contributed by atoms with van der Waals surface area (Å²) in [5.41, 5.74) is 0. The van der Waals surface area contributed by atoms with Crippen LogP contribution in [0.15, 0.2) is 0 Å². The Balaban J connectivity index is 2.58. The first-order chi connectivity index (χ1) is 9.94. The third-order valence-corrected chi connectivity index (χ3v) is 4.54. The molecule has 6 nitrogen and oxygen atoms in total. The molecule has 0 aromatic rings. The van der Waals surface area contributed by atoms with Gasteiger partial charge in [0.1, 0.15) is 6.04 Å². The lowest BCUT2D eigenvalue weighted by Gasteiger charge is -2.27. The maximum Gasteiger partial charge on any atom is 0.326 e. The van der Waals surface area contributed by atoms with E-state index in [0.29, 0.717) is 19.1 Å². The molecule has 122 valence electrons. The standard InChI is InChI=1S/C15H29N3O3/c1-5-11(4)13(14(19)20)16-15(21)18-9-8-12(10-18)17(6-2)7-3/h11-13H,5-10H2,1-4H3,(H,16,21)(H,19,20). The molecule has 0 aromatic carbocycles. The van der Waals surface area contributed by atoms with Gasteiger partial charge in [-0.05, 0) is 25.4 Å². The minimum absolute atomic E-state index is 0.0763. The number of carboxylic acid groups (broad SMARTS) is 1. The van der Waals surface area contributed by atoms with Crippen LogP contribution in [0.5, 0.6) is 0 Å². The molecule has 1 heterocycles. The van der Waals surface area contributed by atoms with Gasteiger partial charge in [0.15, 0.2) is 0 Å². The van der Waals surface area contributed by atoms with E-state index < -0.39 is 12.0 Å². The molecular formula is C15H29N3O3. The Morgan fingerprint density at radius 3 is 2.43 bits per heavy atom. The number of likely N-dealkylation sites (tertiary alicyclic amines) is 1. The smallest absolute Gasteiger partial charge is 0.326 e. The number of carbonyl (C=O) groups excluding carboxylic acids is 1. The van der Waals surface area contributed by atoms with Crippen LogP contribution in [0, 0.1) is 5.92 Å². The van der Waals surface area contributed by atoms with Crippen LogP contribution in [0.3, 0.4) is 0 Å². The quantitative estimate of drug-likeness (QED) is 0.749. The van der Waals surface area contributed by atoms with Gasteiger partial charge in [-0.2, -0.15) is 0 Å². The second kappa shape index (κ2) is 8.22. The number of urea groups is 1. The predicted molar refractivity (Wildman–Crippen MR) is 82.3 cm³/mol. The molecule has 0 bridgehead atoms. The third-order valence-electron chi connectivity index (χ3n) is 4.54. The molecule has 0 spiro atoms. The second-order valence-corrected chi connectivity index (χ2v) is 5.76. The fraction of sp³-hybridized carbons (Fsp3) is 0.867. The number of likely N-dealkylation sites (N-methyl/N-ethyl adjacent to an activating group) is 1. The Morgan fingerprint density at radius 2 is 1.95 bits per heavy atom. The van der Waals surface area contributed by atoms with Gasteiger partial charge >= 0.3 is 12.0 Å². The van der Waals surface area contributed by atoms with Crippen LogP contribution in [0.25, 0.3) is 0 Å². The van der Waals surface area contributed by atoms with Crippen LogP contribution < -0.4 is 5.32 Å². The lowest BCUT2D eigenvalue weighted by molar-refractivity contribution is -0.140. The summed E-state index contributed by atoms with van der Waals surface area (Å²) in [6, 6.07) is -0.676. The normalized spacial score (nSPS) is 21.4. The Bertz CT molecular complexity index is 358. The van der Waals surface area contributed by atoms with E-state index in [0.717, 1.165) is 25.9 Å². The van der Waals surface area contributed by atoms with Gasteiger partial charge < -0.3 is 15.3 Å². The molecule has 3 unspecified atom stereocenters. The van der Waals surface area contributed by atoms with E-state index in [2.05, 4.69) is 24.1 Å². The SMILES string of the molecule is CCC(C)C(NC(=O)N1CCC(N(CC)CC)C1)C(=O)O. The lowest BCUT2D eigenvalue weighted by Crippen LogP contribution is -2.50. The maximum absolute atomic E-state index is 12.3. The van der Waals surface area contributed by atoms with E-state index in [9.17, 15) is 14.7 Å². The fourth-order valence-electron chi connectivity index (χ4n) is 2.87. The third kappa shape index (κ3) is 4.59. The molecule has 3 atom stereocenters. The van der Waals surface area contributed by atoms with Crippen molar-refractivity contribution in [2.45, 2.75) is 52.6 Å². The molecule has 1 saturated heterocycles. The summed E-state index contributed by atoms with van der Waals surface area (Å²) < 4.78 is 0. The van der Waals surface area contributed by atoms with Gasteiger partial charge in [0.05, 0.1) is 0 Å². The predicted octanol–water partition coefficient (Wildman–Crippen LogP) is 1.61. The largest absolute Gasteiger partial charge is 0.480 e. The van der Waals surface area contributed by atoms with Gasteiger partial charge in [-0.15, -0.1) is 0 Å². The van der Waals surface area contributed by atoms with E-state index >= 15 is 0 Å². The zero-order chi connectivity index (χ0) is 16.0. The first-order valence-corrected chi connectivity index (χ1v) is 7.96. The number of hydrogen-bond acceptors (Lipinski definition) is 3. The number of amides is 2. The van der Waals surface area contributed by atoms with Gasteiger partial charge in [0.2, 0.25) is 0 Å². The Hall–Kier alpha value is -1.30. The minimum Gasteiger partial charge on any atom is -0.480 e. The molecule has 1 rings (SSSR count). The number of nitrogens with zero attached hydrogens (tertiary/aromatic N) is 2. The van der Waals surface area contributed by atoms with E-state index in [1.165, 1.54) is 0 Å². The van der Waals surface area contributed by atoms with Crippen molar-refractivity contribution >= 4 is 12.0 Å². The highest BCUT2D eigenvalue weighted by molar-refractivity contribution is 5.83. The molecule has 0 aromatic heterocycles. The van der Waals surface area contributed by atoms with Crippen molar-refractivity contribution in [3.05, 3.63) is 0 Å². The Labute approximate surface area is 127 Å². The van der Waals surface area contributed by atoms with Crippen LogP contribution >= 0.6 is 0 Å². The first-order valence-electron chi connectivity index (χ1n) is 7.96. The number of rotatable bonds is 7. The molecule has 1 aliphatic heterocycles. The van der Waals surface area contributed by atoms with Crippen LogP contribution in [0.2, 0.25) is 0 Å². The molecule has 1 fully saturated rings. The molecule has 2 amide bonds. The Kier molecular flexibility index (Phi) is 6.95. The van der Waals surface area contributed by atoms with Gasteiger partial charge in [-0.3, -0.25) is 4.90 Å². The average molecular weight is 299 g/mol. The number of nitrogens with one attached hydrogen (secondary N) is 1. The molecular weight excluding hydrogens is 270 g/mol. The summed E-state index contributed by atoms with van der Waals surface area (Å²) in [6.45, 7) is 11.3.